The van der Waals surface area contributed by atoms with Crippen LogP contribution in [-0.4, -0.2) is 37.1 Å². The Balaban J connectivity index is 2.05. The Morgan fingerprint density at radius 2 is 1.67 bits per heavy atom. The molecule has 3 rings (SSSR count). The zero-order valence-corrected chi connectivity index (χ0v) is 18.0. The molecule has 0 radical (unpaired) electrons. The van der Waals surface area contributed by atoms with Crippen LogP contribution in [0.3, 0.4) is 0 Å². The predicted molar refractivity (Wildman–Crippen MR) is 119 cm³/mol. The van der Waals surface area contributed by atoms with Crippen molar-refractivity contribution in [2.24, 2.45) is 0 Å². The molecule has 0 bridgehead atoms. The topological polar surface area (TPSA) is 84.7 Å². The summed E-state index contributed by atoms with van der Waals surface area (Å²) >= 11 is 0. The molecule has 160 valence electrons. The van der Waals surface area contributed by atoms with Crippen molar-refractivity contribution in [2.75, 3.05) is 36.5 Å². The molecule has 1 N–H and O–H groups in total. The lowest BCUT2D eigenvalue weighted by Crippen LogP contribution is -2.37. The van der Waals surface area contributed by atoms with Gasteiger partial charge in [-0.3, -0.25) is 14.9 Å². The van der Waals surface area contributed by atoms with E-state index in [4.69, 9.17) is 4.74 Å². The van der Waals surface area contributed by atoms with Gasteiger partial charge in [0.1, 0.15) is 0 Å². The van der Waals surface area contributed by atoms with Gasteiger partial charge < -0.3 is 15.0 Å². The molecular weight excluding hydrogens is 382 g/mol. The molecule has 0 aliphatic carbocycles. The molecule has 1 aliphatic rings. The zero-order chi connectivity index (χ0) is 21.8. The van der Waals surface area contributed by atoms with E-state index < -0.39 is 4.92 Å². The number of ether oxygens (including phenoxy) is 1. The molecule has 2 aromatic carbocycles. The third kappa shape index (κ3) is 4.62. The van der Waals surface area contributed by atoms with Gasteiger partial charge in [-0.25, -0.2) is 0 Å². The standard InChI is InChI=1S/C23H29N3O4/c1-15(2)18-6-5-7-19(16(3)4)22(18)24-23(27)20-14-17(26(28)29)8-9-21(20)25-10-12-30-13-11-25/h5-9,14-16H,10-13H2,1-4H3,(H,24,27). The van der Waals surface area contributed by atoms with Gasteiger partial charge in [0.05, 0.1) is 29.4 Å². The highest BCUT2D eigenvalue weighted by molar-refractivity contribution is 6.09. The van der Waals surface area contributed by atoms with Crippen LogP contribution in [0.25, 0.3) is 0 Å². The van der Waals surface area contributed by atoms with E-state index in [0.717, 1.165) is 16.8 Å². The Bertz CT molecular complexity index is 908. The normalized spacial score (nSPS) is 14.3. The first-order valence-electron chi connectivity index (χ1n) is 10.3. The van der Waals surface area contributed by atoms with Gasteiger partial charge >= 0.3 is 0 Å². The number of nitrogens with one attached hydrogen (secondary N) is 1. The number of hydrogen-bond donors (Lipinski definition) is 1. The largest absolute Gasteiger partial charge is 0.378 e. The van der Waals surface area contributed by atoms with Crippen molar-refractivity contribution in [3.63, 3.8) is 0 Å². The monoisotopic (exact) mass is 411 g/mol. The van der Waals surface area contributed by atoms with E-state index in [-0.39, 0.29) is 23.4 Å². The number of carbonyl (C=O) groups excluding carboxylic acids is 1. The summed E-state index contributed by atoms with van der Waals surface area (Å²) in [4.78, 5) is 26.3. The minimum absolute atomic E-state index is 0.0987. The van der Waals surface area contributed by atoms with Gasteiger partial charge in [-0.15, -0.1) is 0 Å². The number of benzene rings is 2. The first-order valence-corrected chi connectivity index (χ1v) is 10.3. The highest BCUT2D eigenvalue weighted by Crippen LogP contribution is 2.34. The van der Waals surface area contributed by atoms with Crippen molar-refractivity contribution < 1.29 is 14.5 Å². The van der Waals surface area contributed by atoms with Gasteiger partial charge in [-0.2, -0.15) is 0 Å². The van der Waals surface area contributed by atoms with Crippen molar-refractivity contribution in [3.05, 3.63) is 63.2 Å². The number of morpholine rings is 1. The number of nitrogens with zero attached hydrogens (tertiary/aromatic N) is 2. The summed E-state index contributed by atoms with van der Waals surface area (Å²) in [6.07, 6.45) is 0. The third-order valence-electron chi connectivity index (χ3n) is 5.40. The average molecular weight is 412 g/mol. The summed E-state index contributed by atoms with van der Waals surface area (Å²) in [6.45, 7) is 10.7. The van der Waals surface area contributed by atoms with Gasteiger partial charge in [0, 0.05) is 30.9 Å². The fourth-order valence-corrected chi connectivity index (χ4v) is 3.78. The van der Waals surface area contributed by atoms with Crippen molar-refractivity contribution >= 4 is 23.0 Å². The minimum Gasteiger partial charge on any atom is -0.378 e. The second-order valence-corrected chi connectivity index (χ2v) is 8.13. The number of carbonyl (C=O) groups is 1. The predicted octanol–water partition coefficient (Wildman–Crippen LogP) is 4.93. The Labute approximate surface area is 177 Å². The number of anilines is 2. The molecule has 0 unspecified atom stereocenters. The van der Waals surface area contributed by atoms with E-state index in [0.29, 0.717) is 37.6 Å². The Kier molecular flexibility index (Phi) is 6.72. The molecule has 30 heavy (non-hydrogen) atoms. The molecular formula is C23H29N3O4. The van der Waals surface area contributed by atoms with E-state index >= 15 is 0 Å². The maximum absolute atomic E-state index is 13.4. The number of para-hydroxylation sites is 1. The third-order valence-corrected chi connectivity index (χ3v) is 5.40. The maximum atomic E-state index is 13.4. The number of amides is 1. The van der Waals surface area contributed by atoms with E-state index in [2.05, 4.69) is 33.0 Å². The first kappa shape index (κ1) is 21.8. The molecule has 1 amide bonds. The summed E-state index contributed by atoms with van der Waals surface area (Å²) in [7, 11) is 0. The SMILES string of the molecule is CC(C)c1cccc(C(C)C)c1NC(=O)c1cc([N+](=O)[O-])ccc1N1CCOCC1. The summed E-state index contributed by atoms with van der Waals surface area (Å²) in [6, 6.07) is 10.5. The summed E-state index contributed by atoms with van der Waals surface area (Å²) < 4.78 is 5.41. The van der Waals surface area contributed by atoms with Gasteiger partial charge in [0.2, 0.25) is 0 Å². The highest BCUT2D eigenvalue weighted by Gasteiger charge is 2.24. The molecule has 7 heteroatoms. The molecule has 1 aliphatic heterocycles. The van der Waals surface area contributed by atoms with E-state index in [1.807, 2.05) is 23.1 Å². The molecule has 0 spiro atoms. The van der Waals surface area contributed by atoms with Crippen molar-refractivity contribution in [1.29, 1.82) is 0 Å². The molecule has 0 aromatic heterocycles. The zero-order valence-electron chi connectivity index (χ0n) is 18.0. The van der Waals surface area contributed by atoms with E-state index in [1.54, 1.807) is 6.07 Å². The number of nitro groups is 1. The van der Waals surface area contributed by atoms with Gasteiger partial charge in [-0.1, -0.05) is 45.9 Å². The lowest BCUT2D eigenvalue weighted by molar-refractivity contribution is -0.384. The molecule has 7 nitrogen and oxygen atoms in total. The Morgan fingerprint density at radius 1 is 1.07 bits per heavy atom. The fraction of sp³-hybridized carbons (Fsp3) is 0.435. The summed E-state index contributed by atoms with van der Waals surface area (Å²) in [5.41, 5.74) is 3.79. The van der Waals surface area contributed by atoms with Crippen LogP contribution in [0.2, 0.25) is 0 Å². The van der Waals surface area contributed by atoms with Crippen LogP contribution in [0.1, 0.15) is 61.0 Å². The van der Waals surface area contributed by atoms with Crippen LogP contribution < -0.4 is 10.2 Å². The molecule has 1 fully saturated rings. The highest BCUT2D eigenvalue weighted by atomic mass is 16.6. The molecule has 1 heterocycles. The van der Waals surface area contributed by atoms with E-state index in [9.17, 15) is 14.9 Å². The van der Waals surface area contributed by atoms with Crippen molar-refractivity contribution in [3.8, 4) is 0 Å². The number of non-ortho nitro benzene ring substituents is 1. The van der Waals surface area contributed by atoms with Crippen LogP contribution in [0, 0.1) is 10.1 Å². The Morgan fingerprint density at radius 3 is 2.20 bits per heavy atom. The van der Waals surface area contributed by atoms with Crippen LogP contribution in [0.4, 0.5) is 17.1 Å². The number of hydrogen-bond acceptors (Lipinski definition) is 5. The number of rotatable bonds is 6. The maximum Gasteiger partial charge on any atom is 0.270 e. The number of nitro benzene ring substituents is 1. The quantitative estimate of drug-likeness (QED) is 0.538. The van der Waals surface area contributed by atoms with Crippen molar-refractivity contribution in [1.82, 2.24) is 0 Å². The van der Waals surface area contributed by atoms with Crippen LogP contribution in [-0.2, 0) is 4.74 Å². The second-order valence-electron chi connectivity index (χ2n) is 8.13. The summed E-state index contributed by atoms with van der Waals surface area (Å²) in [5, 5.41) is 14.4. The van der Waals surface area contributed by atoms with Crippen LogP contribution in [0.15, 0.2) is 36.4 Å². The minimum atomic E-state index is -0.471. The van der Waals surface area contributed by atoms with Gasteiger partial charge in [0.15, 0.2) is 0 Å². The smallest absolute Gasteiger partial charge is 0.270 e. The molecule has 2 aromatic rings. The van der Waals surface area contributed by atoms with Gasteiger partial charge in [-0.05, 0) is 29.0 Å². The average Bonchev–Trinajstić information content (AvgIpc) is 2.73. The van der Waals surface area contributed by atoms with Crippen LogP contribution >= 0.6 is 0 Å². The molecule has 1 saturated heterocycles. The van der Waals surface area contributed by atoms with Crippen molar-refractivity contribution in [2.45, 2.75) is 39.5 Å². The lowest BCUT2D eigenvalue weighted by Gasteiger charge is -2.30. The Hall–Kier alpha value is -2.93. The first-order chi connectivity index (χ1) is 14.3. The molecule has 0 saturated carbocycles. The lowest BCUT2D eigenvalue weighted by atomic mass is 9.92. The van der Waals surface area contributed by atoms with Gasteiger partial charge in [0.25, 0.3) is 11.6 Å². The second kappa shape index (κ2) is 9.26. The molecule has 0 atom stereocenters. The summed E-state index contributed by atoms with van der Waals surface area (Å²) in [5.74, 6) is 0.112. The fourth-order valence-electron chi connectivity index (χ4n) is 3.78. The van der Waals surface area contributed by atoms with E-state index in [1.165, 1.54) is 12.1 Å². The van der Waals surface area contributed by atoms with Crippen LogP contribution in [0.5, 0.6) is 0 Å².